The van der Waals surface area contributed by atoms with Crippen LogP contribution in [-0.2, 0) is 14.3 Å². The van der Waals surface area contributed by atoms with Crippen LogP contribution in [0.25, 0.3) is 11.8 Å². The van der Waals surface area contributed by atoms with E-state index in [1.54, 1.807) is 31.2 Å². The lowest BCUT2D eigenvalue weighted by molar-refractivity contribution is -0.136. The smallest absolute Gasteiger partial charge is 0.331 e. The number of nitrogens with zero attached hydrogens (tertiary/aromatic N) is 2. The zero-order chi connectivity index (χ0) is 25.5. The molecule has 1 heterocycles. The highest BCUT2D eigenvalue weighted by atomic mass is 35.5. The standard InChI is InChI=1S/C26H25ClFN3O4/c1-16(2)14-24(33)29-20-8-4-18(5-9-20)23(32)15-35-25(34)13-12-22-17(3)30-31(26(22)27)21-10-6-19(28)7-11-21/h4-13,16H,14-15H2,1-3H3,(H,29,33). The van der Waals surface area contributed by atoms with Crippen molar-refractivity contribution >= 4 is 41.0 Å². The van der Waals surface area contributed by atoms with Gasteiger partial charge >= 0.3 is 5.97 Å². The van der Waals surface area contributed by atoms with E-state index < -0.39 is 12.6 Å². The van der Waals surface area contributed by atoms with E-state index in [1.165, 1.54) is 35.0 Å². The number of aryl methyl sites for hydroxylation is 1. The van der Waals surface area contributed by atoms with Gasteiger partial charge in [-0.2, -0.15) is 5.10 Å². The van der Waals surface area contributed by atoms with Gasteiger partial charge in [0.15, 0.2) is 12.4 Å². The van der Waals surface area contributed by atoms with Gasteiger partial charge in [0.05, 0.1) is 11.4 Å². The number of rotatable bonds is 9. The van der Waals surface area contributed by atoms with E-state index in [9.17, 15) is 18.8 Å². The summed E-state index contributed by atoms with van der Waals surface area (Å²) in [6.07, 6.45) is 3.01. The number of nitrogens with one attached hydrogen (secondary N) is 1. The average Bonchev–Trinajstić information content (AvgIpc) is 3.09. The largest absolute Gasteiger partial charge is 0.454 e. The molecule has 35 heavy (non-hydrogen) atoms. The maximum atomic E-state index is 13.2. The molecule has 3 aromatic rings. The normalized spacial score (nSPS) is 11.1. The van der Waals surface area contributed by atoms with E-state index in [0.717, 1.165) is 6.08 Å². The van der Waals surface area contributed by atoms with Crippen LogP contribution in [0.1, 0.15) is 41.9 Å². The van der Waals surface area contributed by atoms with Crippen molar-refractivity contribution in [3.8, 4) is 5.69 Å². The Balaban J connectivity index is 1.56. The van der Waals surface area contributed by atoms with Crippen molar-refractivity contribution in [1.29, 1.82) is 0 Å². The van der Waals surface area contributed by atoms with Gasteiger partial charge in [0, 0.05) is 29.3 Å². The predicted molar refractivity (Wildman–Crippen MR) is 132 cm³/mol. The van der Waals surface area contributed by atoms with Crippen LogP contribution < -0.4 is 5.32 Å². The number of carbonyl (C=O) groups is 3. The van der Waals surface area contributed by atoms with Crippen molar-refractivity contribution in [2.75, 3.05) is 11.9 Å². The third-order valence-corrected chi connectivity index (χ3v) is 5.30. The molecule has 2 aromatic carbocycles. The van der Waals surface area contributed by atoms with Gasteiger partial charge in [-0.3, -0.25) is 9.59 Å². The molecule has 0 aliphatic heterocycles. The molecule has 1 amide bonds. The Labute approximate surface area is 207 Å². The second-order valence-corrected chi connectivity index (χ2v) is 8.62. The summed E-state index contributed by atoms with van der Waals surface area (Å²) in [6.45, 7) is 5.18. The molecule has 0 radical (unpaired) electrons. The first-order valence-electron chi connectivity index (χ1n) is 10.9. The van der Waals surface area contributed by atoms with Gasteiger partial charge in [-0.05, 0) is 67.4 Å². The second kappa shape index (κ2) is 11.6. The minimum atomic E-state index is -0.721. The first-order valence-corrected chi connectivity index (χ1v) is 11.3. The van der Waals surface area contributed by atoms with Gasteiger partial charge < -0.3 is 10.1 Å². The van der Waals surface area contributed by atoms with Gasteiger partial charge in [0.25, 0.3) is 0 Å². The molecule has 1 aromatic heterocycles. The van der Waals surface area contributed by atoms with Gasteiger partial charge in [-0.1, -0.05) is 25.4 Å². The zero-order valence-corrected chi connectivity index (χ0v) is 20.3. The third-order valence-electron chi connectivity index (χ3n) is 4.94. The molecule has 0 saturated carbocycles. The van der Waals surface area contributed by atoms with Gasteiger partial charge in [0.2, 0.25) is 5.91 Å². The monoisotopic (exact) mass is 497 g/mol. The summed E-state index contributed by atoms with van der Waals surface area (Å²) >= 11 is 6.39. The topological polar surface area (TPSA) is 90.3 Å². The van der Waals surface area contributed by atoms with Crippen LogP contribution >= 0.6 is 11.6 Å². The minimum absolute atomic E-state index is 0.0988. The molecule has 0 atom stereocenters. The highest BCUT2D eigenvalue weighted by Crippen LogP contribution is 2.25. The number of hydrogen-bond donors (Lipinski definition) is 1. The lowest BCUT2D eigenvalue weighted by atomic mass is 10.1. The maximum absolute atomic E-state index is 13.2. The average molecular weight is 498 g/mol. The molecule has 0 aliphatic rings. The quantitative estimate of drug-likeness (QED) is 0.243. The van der Waals surface area contributed by atoms with E-state index in [0.29, 0.717) is 34.6 Å². The number of ether oxygens (including phenoxy) is 1. The number of amides is 1. The minimum Gasteiger partial charge on any atom is -0.454 e. The summed E-state index contributed by atoms with van der Waals surface area (Å²) in [5.41, 5.74) is 2.55. The highest BCUT2D eigenvalue weighted by molar-refractivity contribution is 6.31. The van der Waals surface area contributed by atoms with Crippen LogP contribution in [0.15, 0.2) is 54.6 Å². The van der Waals surface area contributed by atoms with Crippen LogP contribution in [-0.4, -0.2) is 34.0 Å². The summed E-state index contributed by atoms with van der Waals surface area (Å²) in [6, 6.07) is 12.0. The first kappa shape index (κ1) is 25.8. The Bertz CT molecular complexity index is 1250. The molecule has 0 bridgehead atoms. The van der Waals surface area contributed by atoms with Crippen LogP contribution in [0.4, 0.5) is 10.1 Å². The molecule has 7 nitrogen and oxygen atoms in total. The van der Waals surface area contributed by atoms with Gasteiger partial charge in [-0.25, -0.2) is 13.9 Å². The van der Waals surface area contributed by atoms with Crippen LogP contribution in [0.3, 0.4) is 0 Å². The molecular weight excluding hydrogens is 473 g/mol. The number of ketones is 1. The SMILES string of the molecule is Cc1nn(-c2ccc(F)cc2)c(Cl)c1C=CC(=O)OCC(=O)c1ccc(NC(=O)CC(C)C)cc1. The molecule has 0 spiro atoms. The summed E-state index contributed by atoms with van der Waals surface area (Å²) in [7, 11) is 0. The molecule has 9 heteroatoms. The Morgan fingerprint density at radius 2 is 1.77 bits per heavy atom. The molecule has 0 saturated heterocycles. The number of carbonyl (C=O) groups excluding carboxylic acids is 3. The third kappa shape index (κ3) is 7.10. The van der Waals surface area contributed by atoms with Gasteiger partial charge in [0.1, 0.15) is 11.0 Å². The maximum Gasteiger partial charge on any atom is 0.331 e. The summed E-state index contributed by atoms with van der Waals surface area (Å²) in [4.78, 5) is 36.3. The van der Waals surface area contributed by atoms with Crippen molar-refractivity contribution in [2.45, 2.75) is 27.2 Å². The number of hydrogen-bond acceptors (Lipinski definition) is 5. The van der Waals surface area contributed by atoms with E-state index in [1.807, 2.05) is 13.8 Å². The van der Waals surface area contributed by atoms with Crippen LogP contribution in [0, 0.1) is 18.7 Å². The van der Waals surface area contributed by atoms with Crippen molar-refractivity contribution in [3.63, 3.8) is 0 Å². The number of esters is 1. The Kier molecular flexibility index (Phi) is 8.54. The van der Waals surface area contributed by atoms with E-state index >= 15 is 0 Å². The summed E-state index contributed by atoms with van der Waals surface area (Å²) < 4.78 is 19.6. The Hall–Kier alpha value is -3.78. The van der Waals surface area contributed by atoms with Crippen molar-refractivity contribution in [1.82, 2.24) is 9.78 Å². The molecule has 182 valence electrons. The number of Topliss-reactive ketones (excluding diaryl/α,β-unsaturated/α-hetero) is 1. The fraction of sp³-hybridized carbons (Fsp3) is 0.231. The highest BCUT2D eigenvalue weighted by Gasteiger charge is 2.14. The molecule has 0 unspecified atom stereocenters. The fourth-order valence-electron chi connectivity index (χ4n) is 3.20. The number of aromatic nitrogens is 2. The zero-order valence-electron chi connectivity index (χ0n) is 19.5. The lowest BCUT2D eigenvalue weighted by Gasteiger charge is -2.08. The van der Waals surface area contributed by atoms with E-state index in [4.69, 9.17) is 16.3 Å². The fourth-order valence-corrected chi connectivity index (χ4v) is 3.53. The molecule has 0 aliphatic carbocycles. The van der Waals surface area contributed by atoms with Crippen molar-refractivity contribution < 1.29 is 23.5 Å². The number of anilines is 1. The summed E-state index contributed by atoms with van der Waals surface area (Å²) in [5.74, 6) is -1.34. The van der Waals surface area contributed by atoms with Crippen molar-refractivity contribution in [2.24, 2.45) is 5.92 Å². The molecule has 1 N–H and O–H groups in total. The lowest BCUT2D eigenvalue weighted by Crippen LogP contribution is -2.14. The molecular formula is C26H25ClFN3O4. The predicted octanol–water partition coefficient (Wildman–Crippen LogP) is 5.40. The van der Waals surface area contributed by atoms with Gasteiger partial charge in [-0.15, -0.1) is 0 Å². The Morgan fingerprint density at radius 3 is 2.40 bits per heavy atom. The summed E-state index contributed by atoms with van der Waals surface area (Å²) in [5, 5.41) is 7.33. The van der Waals surface area contributed by atoms with E-state index in [2.05, 4.69) is 10.4 Å². The second-order valence-electron chi connectivity index (χ2n) is 8.27. The molecule has 3 rings (SSSR count). The number of benzene rings is 2. The van der Waals surface area contributed by atoms with Crippen LogP contribution in [0.5, 0.6) is 0 Å². The van der Waals surface area contributed by atoms with E-state index in [-0.39, 0.29) is 28.6 Å². The Morgan fingerprint density at radius 1 is 1.11 bits per heavy atom. The van der Waals surface area contributed by atoms with Crippen LogP contribution in [0.2, 0.25) is 5.15 Å². The molecule has 0 fully saturated rings. The first-order chi connectivity index (χ1) is 16.6. The van der Waals surface area contributed by atoms with Crippen molar-refractivity contribution in [3.05, 3.63) is 82.4 Å². The number of halogens is 2.